The Hall–Kier alpha value is -3.64. The molecule has 0 unspecified atom stereocenters. The Morgan fingerprint density at radius 2 is 1.84 bits per heavy atom. The molecule has 0 saturated carbocycles. The summed E-state index contributed by atoms with van der Waals surface area (Å²) in [4.78, 5) is 25.8. The van der Waals surface area contributed by atoms with Gasteiger partial charge in [-0.15, -0.1) is 0 Å². The van der Waals surface area contributed by atoms with Crippen LogP contribution in [0.4, 0.5) is 28.8 Å². The Labute approximate surface area is 226 Å². The fourth-order valence-electron chi connectivity index (χ4n) is 4.17. The lowest BCUT2D eigenvalue weighted by Gasteiger charge is -2.36. The summed E-state index contributed by atoms with van der Waals surface area (Å²) in [5.74, 6) is 0.926. The molecule has 3 aromatic rings. The van der Waals surface area contributed by atoms with Crippen LogP contribution in [-0.4, -0.2) is 90.6 Å². The van der Waals surface area contributed by atoms with Crippen molar-refractivity contribution in [1.29, 1.82) is 0 Å². The second kappa shape index (κ2) is 13.2. The largest absolute Gasteiger partial charge is 0.494 e. The number of aliphatic hydroxyl groups excluding tert-OH is 2. The highest BCUT2D eigenvalue weighted by Crippen LogP contribution is 2.33. The summed E-state index contributed by atoms with van der Waals surface area (Å²) in [6.45, 7) is 4.38. The number of piperazine rings is 1. The van der Waals surface area contributed by atoms with Crippen LogP contribution in [0.5, 0.6) is 5.75 Å². The molecule has 11 nitrogen and oxygen atoms in total. The molecule has 202 valence electrons. The van der Waals surface area contributed by atoms with Crippen LogP contribution in [0.1, 0.15) is 10.4 Å². The Morgan fingerprint density at radius 3 is 2.58 bits per heavy atom. The summed E-state index contributed by atoms with van der Waals surface area (Å²) in [6.07, 6.45) is 1.47. The molecule has 1 amide bonds. The third-order valence-corrected chi connectivity index (χ3v) is 6.43. The molecule has 0 radical (unpaired) electrons. The van der Waals surface area contributed by atoms with Crippen LogP contribution in [0, 0.1) is 0 Å². The van der Waals surface area contributed by atoms with E-state index in [2.05, 4.69) is 35.7 Å². The lowest BCUT2D eigenvalue weighted by atomic mass is 10.1. The molecule has 1 saturated heterocycles. The van der Waals surface area contributed by atoms with E-state index < -0.39 is 0 Å². The number of aromatic nitrogens is 2. The number of anilines is 5. The van der Waals surface area contributed by atoms with Crippen molar-refractivity contribution in [2.24, 2.45) is 0 Å². The number of para-hydroxylation sites is 1. The number of rotatable bonds is 11. The molecule has 2 heterocycles. The first-order valence-electron chi connectivity index (χ1n) is 12.3. The van der Waals surface area contributed by atoms with Crippen molar-refractivity contribution >= 4 is 46.3 Å². The molecule has 4 rings (SSSR count). The number of carbonyl (C=O) groups excluding carboxylic acids is 1. The molecule has 0 atom stereocenters. The molecule has 2 aromatic carbocycles. The zero-order valence-electron chi connectivity index (χ0n) is 21.2. The van der Waals surface area contributed by atoms with E-state index in [9.17, 15) is 4.79 Å². The number of amides is 1. The standard InChI is InChI=1S/C26H32ClN7O4/c1-38-23-16-18(34-11-9-33(10-12-34)13-15-36)6-7-22(23)31-26-29-17-20(27)24(32-26)30-21-5-3-2-4-19(21)25(37)28-8-14-35/h2-7,16-17,35-36H,8-15H2,1H3,(H,28,37)(H2,29,30,31,32). The fourth-order valence-corrected chi connectivity index (χ4v) is 4.31. The SMILES string of the molecule is COc1cc(N2CCN(CCO)CC2)ccc1Nc1ncc(Cl)c(Nc2ccccc2C(=O)NCCO)n1. The predicted molar refractivity (Wildman–Crippen MR) is 148 cm³/mol. The fraction of sp³-hybridized carbons (Fsp3) is 0.346. The van der Waals surface area contributed by atoms with Crippen LogP contribution in [-0.2, 0) is 0 Å². The number of halogens is 1. The van der Waals surface area contributed by atoms with Crippen LogP contribution in [0.25, 0.3) is 0 Å². The topological polar surface area (TPSA) is 135 Å². The minimum atomic E-state index is -0.328. The van der Waals surface area contributed by atoms with Gasteiger partial charge in [0.05, 0.1) is 43.5 Å². The number of nitrogens with one attached hydrogen (secondary N) is 3. The summed E-state index contributed by atoms with van der Waals surface area (Å²) in [5.41, 5.74) is 2.63. The summed E-state index contributed by atoms with van der Waals surface area (Å²) < 4.78 is 5.64. The number of nitrogens with zero attached hydrogens (tertiary/aromatic N) is 4. The quantitative estimate of drug-likeness (QED) is 0.246. The van der Waals surface area contributed by atoms with E-state index in [0.29, 0.717) is 41.0 Å². The predicted octanol–water partition coefficient (Wildman–Crippen LogP) is 2.46. The van der Waals surface area contributed by atoms with Crippen molar-refractivity contribution in [3.8, 4) is 5.75 Å². The summed E-state index contributed by atoms with van der Waals surface area (Å²) >= 11 is 6.36. The average molecular weight is 542 g/mol. The number of hydrogen-bond acceptors (Lipinski definition) is 10. The van der Waals surface area contributed by atoms with Crippen LogP contribution in [0.15, 0.2) is 48.7 Å². The van der Waals surface area contributed by atoms with E-state index in [1.807, 2.05) is 18.2 Å². The van der Waals surface area contributed by atoms with Crippen LogP contribution >= 0.6 is 11.6 Å². The van der Waals surface area contributed by atoms with E-state index in [1.165, 1.54) is 6.20 Å². The molecule has 0 aliphatic carbocycles. The maximum absolute atomic E-state index is 12.5. The number of β-amino-alcohol motifs (C(OH)–C–C–N with tert-alkyl or cyclic N) is 1. The molecule has 0 spiro atoms. The number of benzene rings is 2. The van der Waals surface area contributed by atoms with Crippen molar-refractivity contribution < 1.29 is 19.7 Å². The smallest absolute Gasteiger partial charge is 0.253 e. The zero-order chi connectivity index (χ0) is 26.9. The van der Waals surface area contributed by atoms with Gasteiger partial charge >= 0.3 is 0 Å². The lowest BCUT2D eigenvalue weighted by molar-refractivity contribution is 0.0945. The Kier molecular flexibility index (Phi) is 9.55. The number of carbonyl (C=O) groups is 1. The highest BCUT2D eigenvalue weighted by molar-refractivity contribution is 6.33. The Balaban J connectivity index is 1.49. The number of ether oxygens (including phenoxy) is 1. The van der Waals surface area contributed by atoms with Gasteiger partial charge in [-0.2, -0.15) is 4.98 Å². The van der Waals surface area contributed by atoms with Gasteiger partial charge in [0.25, 0.3) is 5.91 Å². The zero-order valence-corrected chi connectivity index (χ0v) is 21.9. The average Bonchev–Trinajstić information content (AvgIpc) is 2.94. The molecule has 1 aliphatic heterocycles. The minimum Gasteiger partial charge on any atom is -0.494 e. The molecule has 1 aliphatic rings. The van der Waals surface area contributed by atoms with Gasteiger partial charge in [0.1, 0.15) is 10.8 Å². The van der Waals surface area contributed by atoms with Crippen LogP contribution in [0.2, 0.25) is 5.02 Å². The van der Waals surface area contributed by atoms with Crippen LogP contribution in [0.3, 0.4) is 0 Å². The normalized spacial score (nSPS) is 13.7. The van der Waals surface area contributed by atoms with Crippen molar-refractivity contribution in [3.63, 3.8) is 0 Å². The van der Waals surface area contributed by atoms with Gasteiger partial charge < -0.3 is 35.8 Å². The Morgan fingerprint density at radius 1 is 1.05 bits per heavy atom. The molecule has 5 N–H and O–H groups in total. The number of methoxy groups -OCH3 is 1. The summed E-state index contributed by atoms with van der Waals surface area (Å²) in [6, 6.07) is 12.9. The van der Waals surface area contributed by atoms with Crippen molar-refractivity contribution in [3.05, 3.63) is 59.2 Å². The number of aliphatic hydroxyl groups is 2. The third-order valence-electron chi connectivity index (χ3n) is 6.15. The van der Waals surface area contributed by atoms with Crippen molar-refractivity contribution in [2.45, 2.75) is 0 Å². The van der Waals surface area contributed by atoms with Gasteiger partial charge in [-0.1, -0.05) is 23.7 Å². The first-order valence-corrected chi connectivity index (χ1v) is 12.7. The second-order valence-electron chi connectivity index (χ2n) is 8.60. The van der Waals surface area contributed by atoms with Gasteiger partial charge in [0.15, 0.2) is 5.82 Å². The first kappa shape index (κ1) is 27.4. The maximum Gasteiger partial charge on any atom is 0.253 e. The Bertz CT molecular complexity index is 1240. The molecule has 1 aromatic heterocycles. The van der Waals surface area contributed by atoms with Crippen molar-refractivity contribution in [2.75, 3.05) is 75.1 Å². The molecule has 1 fully saturated rings. The first-order chi connectivity index (χ1) is 18.5. The van der Waals surface area contributed by atoms with Gasteiger partial charge in [-0.25, -0.2) is 4.98 Å². The summed E-state index contributed by atoms with van der Waals surface area (Å²) in [7, 11) is 1.61. The highest BCUT2D eigenvalue weighted by Gasteiger charge is 2.19. The molecular weight excluding hydrogens is 510 g/mol. The van der Waals surface area contributed by atoms with Gasteiger partial charge in [0.2, 0.25) is 5.95 Å². The van der Waals surface area contributed by atoms with E-state index >= 15 is 0 Å². The molecular formula is C26H32ClN7O4. The summed E-state index contributed by atoms with van der Waals surface area (Å²) in [5, 5.41) is 27.4. The van der Waals surface area contributed by atoms with Crippen LogP contribution < -0.4 is 25.6 Å². The third kappa shape index (κ3) is 6.81. The molecule has 38 heavy (non-hydrogen) atoms. The van der Waals surface area contributed by atoms with E-state index in [0.717, 1.165) is 31.9 Å². The van der Waals surface area contributed by atoms with Gasteiger partial charge in [-0.05, 0) is 24.3 Å². The van der Waals surface area contributed by atoms with Crippen molar-refractivity contribution in [1.82, 2.24) is 20.2 Å². The molecule has 12 heteroatoms. The number of hydrogen-bond donors (Lipinski definition) is 5. The van der Waals surface area contributed by atoms with Gasteiger partial charge in [-0.3, -0.25) is 9.69 Å². The van der Waals surface area contributed by atoms with E-state index in [4.69, 9.17) is 26.6 Å². The monoisotopic (exact) mass is 541 g/mol. The second-order valence-corrected chi connectivity index (χ2v) is 9.01. The lowest BCUT2D eigenvalue weighted by Crippen LogP contribution is -2.47. The van der Waals surface area contributed by atoms with Gasteiger partial charge in [0, 0.05) is 51.0 Å². The minimum absolute atomic E-state index is 0.149. The van der Waals surface area contributed by atoms with E-state index in [-0.39, 0.29) is 30.7 Å². The molecule has 0 bridgehead atoms. The maximum atomic E-state index is 12.5. The highest BCUT2D eigenvalue weighted by atomic mass is 35.5. The van der Waals surface area contributed by atoms with E-state index in [1.54, 1.807) is 31.4 Å².